The minimum Gasteiger partial charge on any atom is -0.393 e. The number of hydrogen-bond acceptors (Lipinski definition) is 3. The fraction of sp³-hybridized carbons (Fsp3) is 0.538. The first kappa shape index (κ1) is 14.9. The molecule has 0 spiro atoms. The summed E-state index contributed by atoms with van der Waals surface area (Å²) < 4.78 is 0. The third-order valence-corrected chi connectivity index (χ3v) is 2.77. The number of hydrogen-bond donors (Lipinski definition) is 2. The van der Waals surface area contributed by atoms with Crippen molar-refractivity contribution in [2.75, 3.05) is 6.54 Å². The van der Waals surface area contributed by atoms with E-state index in [-0.39, 0.29) is 17.4 Å². The molecule has 0 fully saturated rings. The summed E-state index contributed by atoms with van der Waals surface area (Å²) in [6, 6.07) is 3.14. The van der Waals surface area contributed by atoms with Crippen molar-refractivity contribution in [3.63, 3.8) is 0 Å². The summed E-state index contributed by atoms with van der Waals surface area (Å²) in [5.41, 5.74) is 0.337. The summed E-state index contributed by atoms with van der Waals surface area (Å²) in [7, 11) is 0. The van der Waals surface area contributed by atoms with Gasteiger partial charge < -0.3 is 10.4 Å². The third-order valence-electron chi connectivity index (χ3n) is 2.56. The SMILES string of the molecule is CC(O)CC(C)(C)CNC(=O)c1ccnc(Cl)c1. The number of carbonyl (C=O) groups is 1. The molecule has 18 heavy (non-hydrogen) atoms. The number of halogens is 1. The van der Waals surface area contributed by atoms with E-state index in [0.29, 0.717) is 23.7 Å². The molecule has 0 aliphatic heterocycles. The first-order valence-corrected chi connectivity index (χ1v) is 6.26. The predicted octanol–water partition coefficient (Wildman–Crippen LogP) is 2.26. The second kappa shape index (κ2) is 6.16. The molecule has 0 bridgehead atoms. The second-order valence-corrected chi connectivity index (χ2v) is 5.65. The van der Waals surface area contributed by atoms with Crippen LogP contribution in [0, 0.1) is 5.41 Å². The molecule has 0 aromatic carbocycles. The standard InChI is InChI=1S/C13H19ClN2O2/c1-9(17)7-13(2,3)8-16-12(18)10-4-5-15-11(14)6-10/h4-6,9,17H,7-8H2,1-3H3,(H,16,18). The van der Waals surface area contributed by atoms with Gasteiger partial charge in [-0.2, -0.15) is 0 Å². The van der Waals surface area contributed by atoms with Crippen LogP contribution < -0.4 is 5.32 Å². The van der Waals surface area contributed by atoms with Crippen LogP contribution in [0.25, 0.3) is 0 Å². The van der Waals surface area contributed by atoms with Crippen LogP contribution in [0.3, 0.4) is 0 Å². The minimum atomic E-state index is -0.382. The maximum absolute atomic E-state index is 11.9. The first-order chi connectivity index (χ1) is 8.30. The van der Waals surface area contributed by atoms with E-state index in [2.05, 4.69) is 10.3 Å². The van der Waals surface area contributed by atoms with Gasteiger partial charge in [-0.05, 0) is 30.9 Å². The number of aromatic nitrogens is 1. The van der Waals surface area contributed by atoms with Gasteiger partial charge in [0.1, 0.15) is 5.15 Å². The second-order valence-electron chi connectivity index (χ2n) is 5.27. The average molecular weight is 271 g/mol. The Morgan fingerprint density at radius 2 is 2.28 bits per heavy atom. The third kappa shape index (κ3) is 5.02. The molecule has 1 atom stereocenters. The van der Waals surface area contributed by atoms with Gasteiger partial charge in [-0.25, -0.2) is 4.98 Å². The highest BCUT2D eigenvalue weighted by atomic mass is 35.5. The summed E-state index contributed by atoms with van der Waals surface area (Å²) in [5, 5.41) is 12.5. The maximum Gasteiger partial charge on any atom is 0.251 e. The Morgan fingerprint density at radius 1 is 1.61 bits per heavy atom. The van der Waals surface area contributed by atoms with Gasteiger partial charge >= 0.3 is 0 Å². The van der Waals surface area contributed by atoms with Crippen LogP contribution >= 0.6 is 11.6 Å². The van der Waals surface area contributed by atoms with E-state index in [1.165, 1.54) is 12.3 Å². The Kier molecular flexibility index (Phi) is 5.11. The van der Waals surface area contributed by atoms with E-state index >= 15 is 0 Å². The van der Waals surface area contributed by atoms with Gasteiger partial charge in [-0.3, -0.25) is 4.79 Å². The Balaban J connectivity index is 2.56. The lowest BCUT2D eigenvalue weighted by molar-refractivity contribution is 0.0902. The summed E-state index contributed by atoms with van der Waals surface area (Å²) in [5.74, 6) is -0.182. The summed E-state index contributed by atoms with van der Waals surface area (Å²) >= 11 is 5.72. The maximum atomic E-state index is 11.9. The number of rotatable bonds is 5. The Labute approximate surface area is 112 Å². The van der Waals surface area contributed by atoms with E-state index in [9.17, 15) is 9.90 Å². The van der Waals surface area contributed by atoms with E-state index in [4.69, 9.17) is 11.6 Å². The fourth-order valence-electron chi connectivity index (χ4n) is 1.84. The average Bonchev–Trinajstić information content (AvgIpc) is 2.24. The summed E-state index contributed by atoms with van der Waals surface area (Å²) in [4.78, 5) is 15.7. The Bertz CT molecular complexity index is 419. The van der Waals surface area contributed by atoms with Crippen LogP contribution in [0.1, 0.15) is 37.6 Å². The lowest BCUT2D eigenvalue weighted by Gasteiger charge is -2.26. The molecule has 0 aliphatic rings. The predicted molar refractivity (Wildman–Crippen MR) is 71.7 cm³/mol. The van der Waals surface area contributed by atoms with Gasteiger partial charge in [-0.1, -0.05) is 25.4 Å². The van der Waals surface area contributed by atoms with Gasteiger partial charge in [-0.15, -0.1) is 0 Å². The van der Waals surface area contributed by atoms with E-state index in [0.717, 1.165) is 0 Å². The molecule has 0 saturated carbocycles. The lowest BCUT2D eigenvalue weighted by Crippen LogP contribution is -2.35. The van der Waals surface area contributed by atoms with Crippen molar-refractivity contribution in [2.45, 2.75) is 33.3 Å². The zero-order valence-corrected chi connectivity index (χ0v) is 11.7. The molecular formula is C13H19ClN2O2. The van der Waals surface area contributed by atoms with Crippen LogP contribution in [0.15, 0.2) is 18.3 Å². The lowest BCUT2D eigenvalue weighted by atomic mass is 9.87. The Morgan fingerprint density at radius 3 is 2.83 bits per heavy atom. The number of carbonyl (C=O) groups excluding carboxylic acids is 1. The molecule has 1 unspecified atom stereocenters. The first-order valence-electron chi connectivity index (χ1n) is 5.88. The van der Waals surface area contributed by atoms with Crippen molar-refractivity contribution in [2.24, 2.45) is 5.41 Å². The monoisotopic (exact) mass is 270 g/mol. The molecule has 1 heterocycles. The zero-order chi connectivity index (χ0) is 13.8. The number of aliphatic hydroxyl groups excluding tert-OH is 1. The molecule has 5 heteroatoms. The van der Waals surface area contributed by atoms with Crippen molar-refractivity contribution in [3.05, 3.63) is 29.0 Å². The molecule has 1 rings (SSSR count). The van der Waals surface area contributed by atoms with Gasteiger partial charge in [0.25, 0.3) is 5.91 Å². The smallest absolute Gasteiger partial charge is 0.251 e. The van der Waals surface area contributed by atoms with Crippen molar-refractivity contribution in [1.82, 2.24) is 10.3 Å². The van der Waals surface area contributed by atoms with Crippen LogP contribution in [0.2, 0.25) is 5.15 Å². The highest BCUT2D eigenvalue weighted by molar-refractivity contribution is 6.29. The van der Waals surface area contributed by atoms with E-state index in [1.54, 1.807) is 13.0 Å². The van der Waals surface area contributed by atoms with Crippen LogP contribution in [0.5, 0.6) is 0 Å². The molecule has 0 aliphatic carbocycles. The van der Waals surface area contributed by atoms with Gasteiger partial charge in [0, 0.05) is 18.3 Å². The van der Waals surface area contributed by atoms with E-state index in [1.807, 2.05) is 13.8 Å². The highest BCUT2D eigenvalue weighted by Gasteiger charge is 2.21. The van der Waals surface area contributed by atoms with Gasteiger partial charge in [0.05, 0.1) is 6.10 Å². The molecule has 1 aromatic rings. The van der Waals surface area contributed by atoms with Crippen LogP contribution in [-0.4, -0.2) is 28.6 Å². The van der Waals surface area contributed by atoms with Crippen LogP contribution in [-0.2, 0) is 0 Å². The quantitative estimate of drug-likeness (QED) is 0.807. The number of nitrogens with zero attached hydrogens (tertiary/aromatic N) is 1. The van der Waals surface area contributed by atoms with Crippen molar-refractivity contribution in [3.8, 4) is 0 Å². The van der Waals surface area contributed by atoms with Crippen molar-refractivity contribution >= 4 is 17.5 Å². The van der Waals surface area contributed by atoms with Crippen molar-refractivity contribution in [1.29, 1.82) is 0 Å². The number of nitrogens with one attached hydrogen (secondary N) is 1. The summed E-state index contributed by atoms with van der Waals surface area (Å²) in [6.45, 7) is 6.24. The molecule has 4 nitrogen and oxygen atoms in total. The molecule has 0 saturated heterocycles. The minimum absolute atomic E-state index is 0.152. The fourth-order valence-corrected chi connectivity index (χ4v) is 2.01. The molecular weight excluding hydrogens is 252 g/mol. The number of amides is 1. The topological polar surface area (TPSA) is 62.2 Å². The number of pyridine rings is 1. The normalized spacial score (nSPS) is 13.2. The number of aliphatic hydroxyl groups is 1. The van der Waals surface area contributed by atoms with E-state index < -0.39 is 0 Å². The molecule has 100 valence electrons. The van der Waals surface area contributed by atoms with Gasteiger partial charge in [0.2, 0.25) is 0 Å². The highest BCUT2D eigenvalue weighted by Crippen LogP contribution is 2.21. The molecule has 1 aromatic heterocycles. The van der Waals surface area contributed by atoms with Crippen LogP contribution in [0.4, 0.5) is 0 Å². The molecule has 2 N–H and O–H groups in total. The summed E-state index contributed by atoms with van der Waals surface area (Å²) in [6.07, 6.45) is 1.75. The molecule has 1 amide bonds. The zero-order valence-electron chi connectivity index (χ0n) is 10.9. The Hall–Kier alpha value is -1.13. The van der Waals surface area contributed by atoms with Crippen molar-refractivity contribution < 1.29 is 9.90 Å². The van der Waals surface area contributed by atoms with Gasteiger partial charge in [0.15, 0.2) is 0 Å². The molecule has 0 radical (unpaired) electrons. The largest absolute Gasteiger partial charge is 0.393 e.